The number of carbonyl (C=O) groups is 1. The first-order chi connectivity index (χ1) is 17.5. The van der Waals surface area contributed by atoms with Gasteiger partial charge in [-0.1, -0.05) is 29.4 Å². The average Bonchev–Trinajstić information content (AvgIpc) is 3.52. The SMILES string of the molecule is C[C@@H](NC(=O)c1cc(C(C)(C)O)on1)c1ccc(-c2ccnc3[nH]nc(N4CCS(=O)(=O)CC4)c23)cc1. The quantitative estimate of drug-likeness (QED) is 0.345. The van der Waals surface area contributed by atoms with E-state index >= 15 is 0 Å². The van der Waals surface area contributed by atoms with Crippen LogP contribution < -0.4 is 10.2 Å². The fraction of sp³-hybridized carbons (Fsp3) is 0.360. The van der Waals surface area contributed by atoms with Gasteiger partial charge in [0.05, 0.1) is 22.9 Å². The fourth-order valence-corrected chi connectivity index (χ4v) is 5.51. The average molecular weight is 525 g/mol. The molecule has 194 valence electrons. The molecule has 1 aliphatic heterocycles. The Kier molecular flexibility index (Phi) is 6.24. The second-order valence-electron chi connectivity index (χ2n) is 9.72. The topological polar surface area (TPSA) is 154 Å². The molecule has 0 unspecified atom stereocenters. The fourth-order valence-electron chi connectivity index (χ4n) is 4.30. The Morgan fingerprint density at radius 3 is 2.54 bits per heavy atom. The highest BCUT2D eigenvalue weighted by atomic mass is 32.2. The van der Waals surface area contributed by atoms with Crippen molar-refractivity contribution < 1.29 is 22.8 Å². The Bertz CT molecular complexity index is 1540. The number of aromatic amines is 1. The van der Waals surface area contributed by atoms with E-state index in [1.165, 1.54) is 6.07 Å². The second kappa shape index (κ2) is 9.27. The van der Waals surface area contributed by atoms with E-state index in [9.17, 15) is 18.3 Å². The van der Waals surface area contributed by atoms with Crippen LogP contribution in [0.1, 0.15) is 48.6 Å². The van der Waals surface area contributed by atoms with Crippen LogP contribution in [0.4, 0.5) is 5.82 Å². The lowest BCUT2D eigenvalue weighted by molar-refractivity contribution is 0.0474. The molecule has 1 amide bonds. The Labute approximate surface area is 213 Å². The van der Waals surface area contributed by atoms with Gasteiger partial charge in [0.2, 0.25) is 0 Å². The molecule has 1 atom stereocenters. The standard InChI is InChI=1S/C25H28N6O5S/c1-15(27-24(32)19-14-20(36-30-19)25(2,3)33)16-4-6-17(7-5-16)18-8-9-26-22-21(18)23(29-28-22)31-10-12-37(34,35)13-11-31/h4-9,14-15,33H,10-13H2,1-3H3,(H,27,32)(H,26,28,29)/t15-/m1/s1. The van der Waals surface area contributed by atoms with Crippen LogP contribution in [0.3, 0.4) is 0 Å². The van der Waals surface area contributed by atoms with E-state index in [1.54, 1.807) is 20.0 Å². The number of aliphatic hydroxyl groups is 1. The van der Waals surface area contributed by atoms with Crippen molar-refractivity contribution in [1.82, 2.24) is 25.7 Å². The maximum atomic E-state index is 12.6. The van der Waals surface area contributed by atoms with E-state index in [0.717, 1.165) is 22.1 Å². The van der Waals surface area contributed by atoms with E-state index in [2.05, 4.69) is 25.7 Å². The first-order valence-electron chi connectivity index (χ1n) is 11.9. The van der Waals surface area contributed by atoms with Crippen molar-refractivity contribution in [2.75, 3.05) is 29.5 Å². The maximum Gasteiger partial charge on any atom is 0.273 e. The van der Waals surface area contributed by atoms with E-state index in [-0.39, 0.29) is 29.0 Å². The summed E-state index contributed by atoms with van der Waals surface area (Å²) in [6, 6.07) is 10.8. The highest BCUT2D eigenvalue weighted by Crippen LogP contribution is 2.34. The molecule has 0 bridgehead atoms. The number of carbonyl (C=O) groups excluding carboxylic acids is 1. The molecule has 1 aliphatic rings. The lowest BCUT2D eigenvalue weighted by atomic mass is 9.99. The van der Waals surface area contributed by atoms with Crippen LogP contribution >= 0.6 is 0 Å². The highest BCUT2D eigenvalue weighted by molar-refractivity contribution is 7.91. The number of aromatic nitrogens is 4. The number of hydrogen-bond donors (Lipinski definition) is 3. The van der Waals surface area contributed by atoms with Crippen LogP contribution in [0.15, 0.2) is 47.1 Å². The zero-order valence-corrected chi connectivity index (χ0v) is 21.5. The molecule has 1 fully saturated rings. The smallest absolute Gasteiger partial charge is 0.273 e. The van der Waals surface area contributed by atoms with E-state index in [1.807, 2.05) is 42.2 Å². The minimum absolute atomic E-state index is 0.0952. The molecule has 11 nitrogen and oxygen atoms in total. The number of hydrogen-bond acceptors (Lipinski definition) is 9. The van der Waals surface area contributed by atoms with Gasteiger partial charge in [-0.25, -0.2) is 13.4 Å². The Morgan fingerprint density at radius 1 is 1.19 bits per heavy atom. The molecule has 0 radical (unpaired) electrons. The largest absolute Gasteiger partial charge is 0.382 e. The van der Waals surface area contributed by atoms with Crippen molar-refractivity contribution in [3.8, 4) is 11.1 Å². The van der Waals surface area contributed by atoms with Crippen LogP contribution in [0.5, 0.6) is 0 Å². The summed E-state index contributed by atoms with van der Waals surface area (Å²) in [4.78, 5) is 19.0. The molecule has 4 aromatic rings. The summed E-state index contributed by atoms with van der Waals surface area (Å²) >= 11 is 0. The number of rotatable bonds is 6. The molecule has 3 aromatic heterocycles. The molecule has 37 heavy (non-hydrogen) atoms. The summed E-state index contributed by atoms with van der Waals surface area (Å²) in [5.74, 6) is 0.697. The van der Waals surface area contributed by atoms with Gasteiger partial charge in [0, 0.05) is 25.4 Å². The summed E-state index contributed by atoms with van der Waals surface area (Å²) in [7, 11) is -3.01. The van der Waals surface area contributed by atoms with Gasteiger partial charge in [0.15, 0.2) is 32.8 Å². The van der Waals surface area contributed by atoms with Gasteiger partial charge in [-0.15, -0.1) is 0 Å². The van der Waals surface area contributed by atoms with Gasteiger partial charge in [-0.3, -0.25) is 9.89 Å². The summed E-state index contributed by atoms with van der Waals surface area (Å²) in [6.45, 7) is 5.75. The number of pyridine rings is 1. The number of anilines is 1. The number of nitrogens with zero attached hydrogens (tertiary/aromatic N) is 4. The predicted molar refractivity (Wildman–Crippen MR) is 138 cm³/mol. The Morgan fingerprint density at radius 2 is 1.89 bits per heavy atom. The number of amides is 1. The van der Waals surface area contributed by atoms with Gasteiger partial charge in [0.1, 0.15) is 5.60 Å². The van der Waals surface area contributed by atoms with E-state index in [0.29, 0.717) is 24.6 Å². The van der Waals surface area contributed by atoms with Crippen molar-refractivity contribution in [2.24, 2.45) is 0 Å². The first-order valence-corrected chi connectivity index (χ1v) is 13.7. The molecule has 1 aromatic carbocycles. The van der Waals surface area contributed by atoms with Crippen molar-refractivity contribution in [2.45, 2.75) is 32.4 Å². The molecule has 0 saturated carbocycles. The van der Waals surface area contributed by atoms with Crippen LogP contribution in [0.25, 0.3) is 22.2 Å². The van der Waals surface area contributed by atoms with Crippen molar-refractivity contribution in [3.05, 3.63) is 59.6 Å². The molecule has 5 rings (SSSR count). The first kappa shape index (κ1) is 24.9. The number of nitrogens with one attached hydrogen (secondary N) is 2. The van der Waals surface area contributed by atoms with Gasteiger partial charge in [-0.05, 0) is 43.5 Å². The minimum Gasteiger partial charge on any atom is -0.382 e. The van der Waals surface area contributed by atoms with Crippen molar-refractivity contribution >= 4 is 32.6 Å². The lowest BCUT2D eigenvalue weighted by Crippen LogP contribution is -2.40. The Balaban J connectivity index is 1.36. The summed E-state index contributed by atoms with van der Waals surface area (Å²) < 4.78 is 28.8. The van der Waals surface area contributed by atoms with Gasteiger partial charge in [-0.2, -0.15) is 5.10 Å². The molecule has 1 saturated heterocycles. The van der Waals surface area contributed by atoms with Crippen LogP contribution in [-0.2, 0) is 15.4 Å². The van der Waals surface area contributed by atoms with E-state index in [4.69, 9.17) is 4.52 Å². The molecule has 0 aliphatic carbocycles. The minimum atomic E-state index is -3.01. The zero-order chi connectivity index (χ0) is 26.4. The maximum absolute atomic E-state index is 12.6. The third kappa shape index (κ3) is 5.07. The molecule has 0 spiro atoms. The summed E-state index contributed by atoms with van der Waals surface area (Å²) in [5.41, 5.74) is 2.25. The zero-order valence-electron chi connectivity index (χ0n) is 20.7. The van der Waals surface area contributed by atoms with Crippen LogP contribution in [0, 0.1) is 0 Å². The van der Waals surface area contributed by atoms with Crippen molar-refractivity contribution in [3.63, 3.8) is 0 Å². The molecule has 4 heterocycles. The van der Waals surface area contributed by atoms with Gasteiger partial charge < -0.3 is 19.8 Å². The number of fused-ring (bicyclic) bond motifs is 1. The third-order valence-corrected chi connectivity index (χ3v) is 8.11. The van der Waals surface area contributed by atoms with E-state index < -0.39 is 21.3 Å². The van der Waals surface area contributed by atoms with Gasteiger partial charge >= 0.3 is 0 Å². The highest BCUT2D eigenvalue weighted by Gasteiger charge is 2.27. The van der Waals surface area contributed by atoms with Crippen LogP contribution in [0.2, 0.25) is 0 Å². The summed E-state index contributed by atoms with van der Waals surface area (Å²) in [6.07, 6.45) is 1.71. The second-order valence-corrected chi connectivity index (χ2v) is 12.0. The number of benzene rings is 1. The van der Waals surface area contributed by atoms with Gasteiger partial charge in [0.25, 0.3) is 5.91 Å². The number of H-pyrrole nitrogens is 1. The molecule has 3 N–H and O–H groups in total. The molecular weight excluding hydrogens is 496 g/mol. The van der Waals surface area contributed by atoms with Crippen LogP contribution in [-0.4, -0.2) is 64.4 Å². The summed E-state index contributed by atoms with van der Waals surface area (Å²) in [5, 5.41) is 24.9. The molecule has 12 heteroatoms. The normalized spacial score (nSPS) is 16.6. The predicted octanol–water partition coefficient (Wildman–Crippen LogP) is 2.57. The monoisotopic (exact) mass is 524 g/mol. The molecular formula is C25H28N6O5S. The Hall–Kier alpha value is -3.77. The van der Waals surface area contributed by atoms with Crippen molar-refractivity contribution in [1.29, 1.82) is 0 Å². The lowest BCUT2D eigenvalue weighted by Gasteiger charge is -2.27. The number of sulfone groups is 1. The third-order valence-electron chi connectivity index (χ3n) is 6.50.